The maximum Gasteiger partial charge on any atom is 0.244 e. The van der Waals surface area contributed by atoms with Crippen molar-refractivity contribution >= 4 is 28.1 Å². The number of amides is 1. The van der Waals surface area contributed by atoms with E-state index in [-0.39, 0.29) is 18.1 Å². The molecule has 0 heterocycles. The Morgan fingerprint density at radius 2 is 1.88 bits per heavy atom. The van der Waals surface area contributed by atoms with Crippen molar-refractivity contribution in [3.8, 4) is 17.2 Å². The zero-order valence-electron chi connectivity index (χ0n) is 14.7. The maximum absolute atomic E-state index is 12.0. The molecule has 2 aromatic rings. The molecular formula is C19H21BrN2O4. The van der Waals surface area contributed by atoms with E-state index in [9.17, 15) is 9.90 Å². The third kappa shape index (κ3) is 5.77. The van der Waals surface area contributed by atoms with Gasteiger partial charge in [0.1, 0.15) is 5.75 Å². The minimum Gasteiger partial charge on any atom is -0.503 e. The van der Waals surface area contributed by atoms with Gasteiger partial charge in [-0.05, 0) is 65.2 Å². The highest BCUT2D eigenvalue weighted by Gasteiger charge is 2.08. The largest absolute Gasteiger partial charge is 0.503 e. The third-order valence-corrected chi connectivity index (χ3v) is 3.96. The first-order valence-corrected chi connectivity index (χ1v) is 9.01. The topological polar surface area (TPSA) is 80.2 Å². The molecule has 2 rings (SSSR count). The summed E-state index contributed by atoms with van der Waals surface area (Å²) in [6.07, 6.45) is 1.70. The number of benzene rings is 2. The van der Waals surface area contributed by atoms with E-state index in [0.29, 0.717) is 29.0 Å². The third-order valence-electron chi connectivity index (χ3n) is 3.35. The lowest BCUT2D eigenvalue weighted by atomic mass is 10.1. The van der Waals surface area contributed by atoms with Gasteiger partial charge < -0.3 is 14.6 Å². The summed E-state index contributed by atoms with van der Waals surface area (Å²) in [5.74, 6) is 0.929. The molecule has 1 amide bonds. The van der Waals surface area contributed by atoms with Crippen LogP contribution in [0.25, 0.3) is 0 Å². The Morgan fingerprint density at radius 3 is 2.54 bits per heavy atom. The van der Waals surface area contributed by atoms with E-state index in [1.807, 2.05) is 38.1 Å². The summed E-state index contributed by atoms with van der Waals surface area (Å²) in [6, 6.07) is 10.7. The molecule has 2 aromatic carbocycles. The van der Waals surface area contributed by atoms with Crippen molar-refractivity contribution in [2.75, 3.05) is 13.2 Å². The first-order chi connectivity index (χ1) is 12.5. The van der Waals surface area contributed by atoms with Crippen LogP contribution in [0.5, 0.6) is 17.2 Å². The Balaban J connectivity index is 1.94. The molecule has 0 aliphatic carbocycles. The van der Waals surface area contributed by atoms with Gasteiger partial charge in [-0.3, -0.25) is 4.79 Å². The van der Waals surface area contributed by atoms with Crippen LogP contribution in [0, 0.1) is 0 Å². The van der Waals surface area contributed by atoms with E-state index < -0.39 is 0 Å². The molecule has 7 heteroatoms. The lowest BCUT2D eigenvalue weighted by Crippen LogP contribution is -2.19. The average Bonchev–Trinajstić information content (AvgIpc) is 2.61. The van der Waals surface area contributed by atoms with Gasteiger partial charge in [0, 0.05) is 0 Å². The second kappa shape index (κ2) is 9.82. The summed E-state index contributed by atoms with van der Waals surface area (Å²) < 4.78 is 11.2. The molecule has 0 spiro atoms. The Morgan fingerprint density at radius 1 is 1.19 bits per heavy atom. The van der Waals surface area contributed by atoms with Crippen molar-refractivity contribution < 1.29 is 19.4 Å². The van der Waals surface area contributed by atoms with Crippen LogP contribution >= 0.6 is 15.9 Å². The second-order valence-electron chi connectivity index (χ2n) is 5.33. The van der Waals surface area contributed by atoms with Gasteiger partial charge in [-0.15, -0.1) is 0 Å². The normalized spacial score (nSPS) is 10.7. The highest BCUT2D eigenvalue weighted by atomic mass is 79.9. The summed E-state index contributed by atoms with van der Waals surface area (Å²) in [7, 11) is 0. The number of rotatable bonds is 8. The van der Waals surface area contributed by atoms with Crippen LogP contribution in [0.2, 0.25) is 0 Å². The Bertz CT molecular complexity index is 776. The molecule has 0 fully saturated rings. The Kier molecular flexibility index (Phi) is 7.47. The molecule has 0 aromatic heterocycles. The smallest absolute Gasteiger partial charge is 0.244 e. The van der Waals surface area contributed by atoms with Crippen molar-refractivity contribution in [1.82, 2.24) is 5.43 Å². The fraction of sp³-hybridized carbons (Fsp3) is 0.263. The lowest BCUT2D eigenvalue weighted by Gasteiger charge is -2.08. The predicted molar refractivity (Wildman–Crippen MR) is 104 cm³/mol. The Hall–Kier alpha value is -2.54. The van der Waals surface area contributed by atoms with Crippen LogP contribution in [0.4, 0.5) is 0 Å². The number of phenols is 1. The standard InChI is InChI=1S/C19H21BrN2O4/c1-3-25-15-7-5-13(6-8-15)11-18(23)22-21-12-14-9-16(20)19(24)17(10-14)26-4-2/h5-10,12,24H,3-4,11H2,1-2H3,(H,22,23)/b21-12+. The Labute approximate surface area is 161 Å². The van der Waals surface area contributed by atoms with Crippen LogP contribution in [0.3, 0.4) is 0 Å². The molecule has 0 aliphatic heterocycles. The first kappa shape index (κ1) is 19.8. The molecule has 26 heavy (non-hydrogen) atoms. The zero-order valence-corrected chi connectivity index (χ0v) is 16.2. The summed E-state index contributed by atoms with van der Waals surface area (Å²) >= 11 is 3.26. The van der Waals surface area contributed by atoms with Crippen LogP contribution in [0.1, 0.15) is 25.0 Å². The van der Waals surface area contributed by atoms with Crippen LogP contribution < -0.4 is 14.9 Å². The van der Waals surface area contributed by atoms with Crippen molar-refractivity contribution in [3.63, 3.8) is 0 Å². The van der Waals surface area contributed by atoms with Gasteiger partial charge in [0.15, 0.2) is 11.5 Å². The number of phenolic OH excluding ortho intramolecular Hbond substituents is 1. The van der Waals surface area contributed by atoms with E-state index in [0.717, 1.165) is 11.3 Å². The summed E-state index contributed by atoms with van der Waals surface area (Å²) in [4.78, 5) is 12.0. The van der Waals surface area contributed by atoms with E-state index in [1.54, 1.807) is 12.1 Å². The number of nitrogens with one attached hydrogen (secondary N) is 1. The maximum atomic E-state index is 12.0. The number of hydrogen-bond acceptors (Lipinski definition) is 5. The average molecular weight is 421 g/mol. The second-order valence-corrected chi connectivity index (χ2v) is 6.18. The molecule has 0 bridgehead atoms. The van der Waals surface area contributed by atoms with Crippen molar-refractivity contribution in [3.05, 3.63) is 52.0 Å². The summed E-state index contributed by atoms with van der Waals surface area (Å²) in [6.45, 7) is 4.78. The predicted octanol–water partition coefficient (Wildman–Crippen LogP) is 3.64. The number of carbonyl (C=O) groups is 1. The minimum absolute atomic E-state index is 0.0311. The molecule has 0 radical (unpaired) electrons. The molecule has 2 N–H and O–H groups in total. The lowest BCUT2D eigenvalue weighted by molar-refractivity contribution is -0.120. The van der Waals surface area contributed by atoms with Crippen molar-refractivity contribution in [1.29, 1.82) is 0 Å². The van der Waals surface area contributed by atoms with E-state index in [2.05, 4.69) is 26.5 Å². The number of aromatic hydroxyl groups is 1. The van der Waals surface area contributed by atoms with E-state index >= 15 is 0 Å². The van der Waals surface area contributed by atoms with E-state index in [1.165, 1.54) is 6.21 Å². The fourth-order valence-corrected chi connectivity index (χ4v) is 2.67. The summed E-state index contributed by atoms with van der Waals surface area (Å²) in [5, 5.41) is 13.8. The molecule has 0 atom stereocenters. The number of hydrazone groups is 1. The quantitative estimate of drug-likeness (QED) is 0.504. The highest BCUT2D eigenvalue weighted by molar-refractivity contribution is 9.10. The highest BCUT2D eigenvalue weighted by Crippen LogP contribution is 2.35. The molecule has 0 unspecified atom stereocenters. The molecule has 6 nitrogen and oxygen atoms in total. The molecule has 138 valence electrons. The van der Waals surface area contributed by atoms with Gasteiger partial charge in [-0.1, -0.05) is 12.1 Å². The number of carbonyl (C=O) groups excluding carboxylic acids is 1. The van der Waals surface area contributed by atoms with Gasteiger partial charge in [0.25, 0.3) is 0 Å². The number of ether oxygens (including phenoxy) is 2. The summed E-state index contributed by atoms with van der Waals surface area (Å²) in [5.41, 5.74) is 4.03. The van der Waals surface area contributed by atoms with Crippen molar-refractivity contribution in [2.24, 2.45) is 5.10 Å². The van der Waals surface area contributed by atoms with Gasteiger partial charge in [-0.2, -0.15) is 5.10 Å². The van der Waals surface area contributed by atoms with Gasteiger partial charge in [0.05, 0.1) is 30.3 Å². The monoisotopic (exact) mass is 420 g/mol. The number of nitrogens with zero attached hydrogens (tertiary/aromatic N) is 1. The van der Waals surface area contributed by atoms with Gasteiger partial charge in [0.2, 0.25) is 5.91 Å². The van der Waals surface area contributed by atoms with Crippen molar-refractivity contribution in [2.45, 2.75) is 20.3 Å². The SMILES string of the molecule is CCOc1ccc(CC(=O)N/N=C/c2cc(Br)c(O)c(OCC)c2)cc1. The van der Waals surface area contributed by atoms with Gasteiger partial charge in [-0.25, -0.2) is 5.43 Å². The van der Waals surface area contributed by atoms with Gasteiger partial charge >= 0.3 is 0 Å². The van der Waals surface area contributed by atoms with Crippen LogP contribution in [-0.4, -0.2) is 30.4 Å². The minimum atomic E-state index is -0.228. The molecular weight excluding hydrogens is 400 g/mol. The van der Waals surface area contributed by atoms with Crippen LogP contribution in [-0.2, 0) is 11.2 Å². The van der Waals surface area contributed by atoms with E-state index in [4.69, 9.17) is 9.47 Å². The molecule has 0 aliphatic rings. The fourth-order valence-electron chi connectivity index (χ4n) is 2.21. The number of hydrogen-bond donors (Lipinski definition) is 2. The molecule has 0 saturated heterocycles. The van der Waals surface area contributed by atoms with Crippen LogP contribution in [0.15, 0.2) is 46.0 Å². The molecule has 0 saturated carbocycles. The number of halogens is 1. The zero-order chi connectivity index (χ0) is 18.9. The first-order valence-electron chi connectivity index (χ1n) is 8.22.